The maximum Gasteiger partial charge on any atom is 0.337 e. The number of phenols is 1. The molecule has 0 unspecified atom stereocenters. The normalized spacial score (nSPS) is 23.1. The van der Waals surface area contributed by atoms with E-state index in [-0.39, 0.29) is 17.3 Å². The second kappa shape index (κ2) is 8.65. The number of nitro groups is 1. The molecule has 0 aromatic heterocycles. The lowest BCUT2D eigenvalue weighted by atomic mass is 9.68. The Bertz CT molecular complexity index is 1080. The average Bonchev–Trinajstić information content (AvgIpc) is 2.72. The first-order chi connectivity index (χ1) is 15.6. The summed E-state index contributed by atoms with van der Waals surface area (Å²) in [5.74, 6) is -1.85. The maximum atomic E-state index is 13.4. The predicted molar refractivity (Wildman–Crippen MR) is 121 cm³/mol. The highest BCUT2D eigenvalue weighted by atomic mass is 16.6. The molecule has 2 aliphatic carbocycles. The highest BCUT2D eigenvalue weighted by molar-refractivity contribution is 6.04. The molecule has 33 heavy (non-hydrogen) atoms. The Labute approximate surface area is 192 Å². The van der Waals surface area contributed by atoms with Crippen LogP contribution in [-0.2, 0) is 14.3 Å². The summed E-state index contributed by atoms with van der Waals surface area (Å²) < 4.78 is 5.86. The zero-order valence-corrected chi connectivity index (χ0v) is 19.3. The lowest BCUT2D eigenvalue weighted by Crippen LogP contribution is -2.39. The third-order valence-corrected chi connectivity index (χ3v) is 6.82. The minimum Gasteiger partial charge on any atom is -0.502 e. The van der Waals surface area contributed by atoms with Gasteiger partial charge in [0.05, 0.1) is 10.5 Å². The van der Waals surface area contributed by atoms with Crippen LogP contribution in [0, 0.1) is 15.5 Å². The van der Waals surface area contributed by atoms with Crippen LogP contribution in [-0.4, -0.2) is 27.9 Å². The number of hydrogen-bond acceptors (Lipinski definition) is 7. The summed E-state index contributed by atoms with van der Waals surface area (Å²) in [6.45, 7) is 5.81. The third kappa shape index (κ3) is 4.51. The Morgan fingerprint density at radius 3 is 2.58 bits per heavy atom. The lowest BCUT2D eigenvalue weighted by Gasteiger charge is -2.39. The van der Waals surface area contributed by atoms with Crippen LogP contribution < -0.4 is 5.32 Å². The second-order valence-electron chi connectivity index (χ2n) is 10.1. The van der Waals surface area contributed by atoms with Crippen molar-refractivity contribution in [2.24, 2.45) is 5.41 Å². The van der Waals surface area contributed by atoms with Gasteiger partial charge in [-0.3, -0.25) is 14.9 Å². The van der Waals surface area contributed by atoms with Gasteiger partial charge in [-0.05, 0) is 56.1 Å². The Morgan fingerprint density at radius 1 is 1.21 bits per heavy atom. The molecule has 1 heterocycles. The van der Waals surface area contributed by atoms with Crippen LogP contribution in [0.2, 0.25) is 0 Å². The number of dihydropyridines is 1. The zero-order valence-electron chi connectivity index (χ0n) is 19.3. The van der Waals surface area contributed by atoms with E-state index < -0.39 is 28.2 Å². The molecular weight excluding hydrogens is 424 g/mol. The van der Waals surface area contributed by atoms with Gasteiger partial charge in [0.1, 0.15) is 6.10 Å². The molecule has 1 aromatic rings. The van der Waals surface area contributed by atoms with E-state index >= 15 is 0 Å². The summed E-state index contributed by atoms with van der Waals surface area (Å²) in [6.07, 6.45) is 5.51. The van der Waals surface area contributed by atoms with Crippen molar-refractivity contribution < 1.29 is 24.4 Å². The Kier molecular flexibility index (Phi) is 6.03. The number of benzene rings is 1. The minimum absolute atomic E-state index is 0.0926. The van der Waals surface area contributed by atoms with Crippen LogP contribution in [0.15, 0.2) is 40.7 Å². The number of carbonyl (C=O) groups excluding carboxylic acids is 2. The molecule has 4 rings (SSSR count). The van der Waals surface area contributed by atoms with Crippen molar-refractivity contribution in [3.63, 3.8) is 0 Å². The maximum absolute atomic E-state index is 13.4. The van der Waals surface area contributed by atoms with E-state index in [0.29, 0.717) is 35.2 Å². The van der Waals surface area contributed by atoms with Crippen LogP contribution in [0.3, 0.4) is 0 Å². The second-order valence-corrected chi connectivity index (χ2v) is 10.1. The van der Waals surface area contributed by atoms with E-state index in [0.717, 1.165) is 37.8 Å². The van der Waals surface area contributed by atoms with E-state index in [1.807, 2.05) is 13.8 Å². The van der Waals surface area contributed by atoms with Gasteiger partial charge in [0, 0.05) is 35.4 Å². The average molecular weight is 455 g/mol. The molecule has 1 fully saturated rings. The number of rotatable bonds is 4. The first-order valence-corrected chi connectivity index (χ1v) is 11.5. The van der Waals surface area contributed by atoms with Crippen LogP contribution >= 0.6 is 0 Å². The zero-order chi connectivity index (χ0) is 23.9. The molecule has 1 saturated carbocycles. The Hall–Kier alpha value is -3.16. The number of nitrogens with zero attached hydrogens (tertiary/aromatic N) is 1. The van der Waals surface area contributed by atoms with Gasteiger partial charge in [0.2, 0.25) is 0 Å². The standard InChI is InChI=1S/C25H30N2O6/c1-14-21(24(30)33-16-7-5-4-6-8-16)22(15-9-10-19(28)18(11-15)27(31)32)23-17(26-14)12-25(2,3)13-20(23)29/h9-11,16,22,26,28H,4-8,12-13H2,1-3H3/t22-/m0/s1. The molecule has 8 nitrogen and oxygen atoms in total. The first kappa shape index (κ1) is 23.0. The number of ketones is 1. The van der Waals surface area contributed by atoms with E-state index in [1.165, 1.54) is 18.2 Å². The number of hydrogen-bond donors (Lipinski definition) is 2. The molecule has 0 spiro atoms. The van der Waals surface area contributed by atoms with E-state index in [2.05, 4.69) is 5.32 Å². The summed E-state index contributed by atoms with van der Waals surface area (Å²) in [5, 5.41) is 24.7. The molecular formula is C25H30N2O6. The molecule has 0 amide bonds. The van der Waals surface area contributed by atoms with Crippen molar-refractivity contribution in [2.75, 3.05) is 0 Å². The summed E-state index contributed by atoms with van der Waals surface area (Å²) >= 11 is 0. The van der Waals surface area contributed by atoms with Crippen molar-refractivity contribution in [3.8, 4) is 5.75 Å². The van der Waals surface area contributed by atoms with Crippen LogP contribution in [0.5, 0.6) is 5.75 Å². The van der Waals surface area contributed by atoms with Crippen molar-refractivity contribution in [2.45, 2.75) is 77.7 Å². The monoisotopic (exact) mass is 454 g/mol. The Morgan fingerprint density at radius 2 is 1.91 bits per heavy atom. The molecule has 1 atom stereocenters. The fourth-order valence-corrected chi connectivity index (χ4v) is 5.30. The summed E-state index contributed by atoms with van der Waals surface area (Å²) in [7, 11) is 0. The topological polar surface area (TPSA) is 119 Å². The molecule has 1 aromatic carbocycles. The quantitative estimate of drug-likeness (QED) is 0.382. The van der Waals surface area contributed by atoms with Crippen molar-refractivity contribution in [1.29, 1.82) is 0 Å². The molecule has 0 saturated heterocycles. The molecule has 3 aliphatic rings. The van der Waals surface area contributed by atoms with Gasteiger partial charge in [-0.25, -0.2) is 4.79 Å². The number of allylic oxidation sites excluding steroid dienone is 3. The van der Waals surface area contributed by atoms with E-state index in [4.69, 9.17) is 4.74 Å². The minimum atomic E-state index is -0.791. The van der Waals surface area contributed by atoms with Gasteiger partial charge >= 0.3 is 11.7 Å². The molecule has 176 valence electrons. The lowest BCUT2D eigenvalue weighted by molar-refractivity contribution is -0.385. The molecule has 1 aliphatic heterocycles. The summed E-state index contributed by atoms with van der Waals surface area (Å²) in [4.78, 5) is 37.6. The molecule has 8 heteroatoms. The SMILES string of the molecule is CC1=C(C(=O)OC2CCCCC2)[C@H](c2ccc(O)c([N+](=O)[O-])c2)C2=C(CC(C)(C)CC2=O)N1. The van der Waals surface area contributed by atoms with E-state index in [9.17, 15) is 24.8 Å². The predicted octanol–water partition coefficient (Wildman–Crippen LogP) is 4.78. The van der Waals surface area contributed by atoms with Crippen LogP contribution in [0.25, 0.3) is 0 Å². The number of Topliss-reactive ketones (excluding diaryl/α,β-unsaturated/α-hetero) is 1. The van der Waals surface area contributed by atoms with E-state index in [1.54, 1.807) is 6.92 Å². The van der Waals surface area contributed by atoms with Gasteiger partial charge < -0.3 is 15.2 Å². The summed E-state index contributed by atoms with van der Waals surface area (Å²) in [6, 6.07) is 4.04. The molecule has 2 N–H and O–H groups in total. The molecule has 0 radical (unpaired) electrons. The largest absolute Gasteiger partial charge is 0.502 e. The van der Waals surface area contributed by atoms with Gasteiger partial charge in [-0.2, -0.15) is 0 Å². The number of nitrogens with one attached hydrogen (secondary N) is 1. The smallest absolute Gasteiger partial charge is 0.337 e. The van der Waals surface area contributed by atoms with Crippen molar-refractivity contribution in [3.05, 3.63) is 56.4 Å². The third-order valence-electron chi connectivity index (χ3n) is 6.82. The van der Waals surface area contributed by atoms with Gasteiger partial charge in [-0.15, -0.1) is 0 Å². The highest BCUT2D eigenvalue weighted by Crippen LogP contribution is 2.48. The summed E-state index contributed by atoms with van der Waals surface area (Å²) in [5.41, 5.74) is 1.78. The number of carbonyl (C=O) groups is 2. The number of ether oxygens (including phenoxy) is 1. The van der Waals surface area contributed by atoms with Crippen molar-refractivity contribution >= 4 is 17.4 Å². The Balaban J connectivity index is 1.81. The van der Waals surface area contributed by atoms with Gasteiger partial charge in [0.25, 0.3) is 0 Å². The molecule has 0 bridgehead atoms. The van der Waals surface area contributed by atoms with Crippen LogP contribution in [0.1, 0.15) is 77.2 Å². The van der Waals surface area contributed by atoms with Gasteiger partial charge in [0.15, 0.2) is 11.5 Å². The fraction of sp³-hybridized carbons (Fsp3) is 0.520. The first-order valence-electron chi connectivity index (χ1n) is 11.5. The number of aromatic hydroxyl groups is 1. The number of phenolic OH excluding ortho intramolecular Hbond substituents is 1. The van der Waals surface area contributed by atoms with Crippen molar-refractivity contribution in [1.82, 2.24) is 5.32 Å². The number of esters is 1. The van der Waals surface area contributed by atoms with Gasteiger partial charge in [-0.1, -0.05) is 26.3 Å². The fourth-order valence-electron chi connectivity index (χ4n) is 5.30. The van der Waals surface area contributed by atoms with Crippen LogP contribution in [0.4, 0.5) is 5.69 Å². The number of nitro benzene ring substituents is 1. The highest BCUT2D eigenvalue weighted by Gasteiger charge is 2.44.